The van der Waals surface area contributed by atoms with Crippen LogP contribution in [0.4, 0.5) is 4.39 Å². The third-order valence-electron chi connectivity index (χ3n) is 3.43. The lowest BCUT2D eigenvalue weighted by atomic mass is 10.0. The summed E-state index contributed by atoms with van der Waals surface area (Å²) in [5, 5.41) is 3.23. The second-order valence-corrected chi connectivity index (χ2v) is 11.4. The monoisotopic (exact) mass is 375 g/mol. The molecular formula is C20H23ClFNOSi. The summed E-state index contributed by atoms with van der Waals surface area (Å²) in [5.74, 6) is 0.299. The van der Waals surface area contributed by atoms with Crippen molar-refractivity contribution in [2.75, 3.05) is 0 Å². The molecule has 0 radical (unpaired) electrons. The van der Waals surface area contributed by atoms with Crippen molar-refractivity contribution in [3.8, 4) is 0 Å². The SMILES string of the molecule is Cc1ccc(F)cc1C=C(C1=CC=CC=CN1)C(=CCl)O[Si](C)(C)C. The zero-order chi connectivity index (χ0) is 18.4. The first-order valence-corrected chi connectivity index (χ1v) is 11.9. The highest BCUT2D eigenvalue weighted by Gasteiger charge is 2.22. The summed E-state index contributed by atoms with van der Waals surface area (Å²) in [5.41, 5.74) is 4.81. The number of halogens is 2. The van der Waals surface area contributed by atoms with Gasteiger partial charge in [-0.2, -0.15) is 0 Å². The molecule has 0 amide bonds. The Bertz CT molecular complexity index is 785. The van der Waals surface area contributed by atoms with Crippen LogP contribution >= 0.6 is 11.6 Å². The molecule has 0 saturated carbocycles. The minimum absolute atomic E-state index is 0.277. The molecule has 1 aromatic carbocycles. The van der Waals surface area contributed by atoms with Crippen LogP contribution in [0.5, 0.6) is 0 Å². The molecule has 2 rings (SSSR count). The van der Waals surface area contributed by atoms with Crippen LogP contribution in [-0.2, 0) is 4.43 Å². The minimum Gasteiger partial charge on any atom is -0.543 e. The lowest BCUT2D eigenvalue weighted by Gasteiger charge is -2.24. The van der Waals surface area contributed by atoms with Gasteiger partial charge in [-0.05, 0) is 68.1 Å². The number of aryl methyl sites for hydroxylation is 1. The predicted octanol–water partition coefficient (Wildman–Crippen LogP) is 6.01. The van der Waals surface area contributed by atoms with E-state index in [9.17, 15) is 4.39 Å². The molecular weight excluding hydrogens is 353 g/mol. The Kier molecular flexibility index (Phi) is 6.45. The molecule has 0 unspecified atom stereocenters. The van der Waals surface area contributed by atoms with Gasteiger partial charge in [-0.1, -0.05) is 29.8 Å². The molecule has 0 fully saturated rings. The van der Waals surface area contributed by atoms with Gasteiger partial charge in [-0.25, -0.2) is 4.39 Å². The molecule has 1 aliphatic rings. The van der Waals surface area contributed by atoms with Crippen LogP contribution in [0, 0.1) is 12.7 Å². The fraction of sp³-hybridized carbons (Fsp3) is 0.200. The Labute approximate surface area is 155 Å². The molecule has 1 aromatic rings. The maximum absolute atomic E-state index is 13.7. The van der Waals surface area contributed by atoms with Crippen LogP contribution in [0.15, 0.2) is 71.3 Å². The van der Waals surface area contributed by atoms with Crippen molar-refractivity contribution < 1.29 is 8.82 Å². The van der Waals surface area contributed by atoms with E-state index in [1.165, 1.54) is 17.7 Å². The first kappa shape index (κ1) is 19.3. The van der Waals surface area contributed by atoms with E-state index in [1.807, 2.05) is 43.5 Å². The standard InChI is InChI=1S/C20H23ClFNOSi/c1-15-9-10-17(22)12-16(15)13-18(19-8-6-5-7-11-23-19)20(14-21)24-25(2,3)4/h5-14,23H,1-4H3. The van der Waals surface area contributed by atoms with Crippen molar-refractivity contribution in [1.29, 1.82) is 0 Å². The quantitative estimate of drug-likeness (QED) is 0.386. The second kappa shape index (κ2) is 8.36. The van der Waals surface area contributed by atoms with Crippen molar-refractivity contribution in [3.05, 3.63) is 88.2 Å². The van der Waals surface area contributed by atoms with E-state index >= 15 is 0 Å². The molecule has 1 aliphatic heterocycles. The average molecular weight is 376 g/mol. The second-order valence-electron chi connectivity index (χ2n) is 6.72. The van der Waals surface area contributed by atoms with Gasteiger partial charge in [0, 0.05) is 23.0 Å². The molecule has 0 spiro atoms. The highest BCUT2D eigenvalue weighted by molar-refractivity contribution is 6.70. The van der Waals surface area contributed by atoms with Gasteiger partial charge in [-0.3, -0.25) is 0 Å². The summed E-state index contributed by atoms with van der Waals surface area (Å²) in [6, 6.07) is 4.73. The summed E-state index contributed by atoms with van der Waals surface area (Å²) in [6.07, 6.45) is 11.4. The van der Waals surface area contributed by atoms with E-state index in [4.69, 9.17) is 16.0 Å². The number of hydrogen-bond donors (Lipinski definition) is 1. The van der Waals surface area contributed by atoms with Gasteiger partial charge < -0.3 is 9.74 Å². The summed E-state index contributed by atoms with van der Waals surface area (Å²) >= 11 is 6.09. The smallest absolute Gasteiger partial charge is 0.242 e. The molecule has 2 nitrogen and oxygen atoms in total. The largest absolute Gasteiger partial charge is 0.543 e. The van der Waals surface area contributed by atoms with Crippen molar-refractivity contribution in [2.24, 2.45) is 0 Å². The van der Waals surface area contributed by atoms with Crippen LogP contribution in [0.25, 0.3) is 6.08 Å². The van der Waals surface area contributed by atoms with Crippen molar-refractivity contribution in [3.63, 3.8) is 0 Å². The highest BCUT2D eigenvalue weighted by atomic mass is 35.5. The molecule has 132 valence electrons. The van der Waals surface area contributed by atoms with Crippen molar-refractivity contribution in [2.45, 2.75) is 26.6 Å². The predicted molar refractivity (Wildman–Crippen MR) is 107 cm³/mol. The third-order valence-corrected chi connectivity index (χ3v) is 4.46. The van der Waals surface area contributed by atoms with Gasteiger partial charge in [0.25, 0.3) is 0 Å². The zero-order valence-electron chi connectivity index (χ0n) is 14.9. The van der Waals surface area contributed by atoms with Crippen LogP contribution in [-0.4, -0.2) is 8.32 Å². The number of allylic oxidation sites excluding steroid dienone is 4. The first-order valence-electron chi connectivity index (χ1n) is 8.08. The maximum atomic E-state index is 13.7. The molecule has 1 N–H and O–H groups in total. The van der Waals surface area contributed by atoms with Crippen LogP contribution in [0.1, 0.15) is 11.1 Å². The fourth-order valence-electron chi connectivity index (χ4n) is 2.29. The molecule has 0 atom stereocenters. The van der Waals surface area contributed by atoms with Crippen LogP contribution in [0.3, 0.4) is 0 Å². The Morgan fingerprint density at radius 3 is 2.64 bits per heavy atom. The number of nitrogens with one attached hydrogen (secondary N) is 1. The molecule has 0 aromatic heterocycles. The van der Waals surface area contributed by atoms with E-state index < -0.39 is 8.32 Å². The maximum Gasteiger partial charge on any atom is 0.242 e. The molecule has 25 heavy (non-hydrogen) atoms. The Morgan fingerprint density at radius 2 is 1.96 bits per heavy atom. The van der Waals surface area contributed by atoms with E-state index in [-0.39, 0.29) is 5.82 Å². The summed E-state index contributed by atoms with van der Waals surface area (Å²) in [4.78, 5) is 0. The van der Waals surface area contributed by atoms with Crippen molar-refractivity contribution in [1.82, 2.24) is 5.32 Å². The molecule has 0 saturated heterocycles. The minimum atomic E-state index is -1.88. The number of hydrogen-bond acceptors (Lipinski definition) is 2. The Morgan fingerprint density at radius 1 is 1.20 bits per heavy atom. The zero-order valence-corrected chi connectivity index (χ0v) is 16.7. The van der Waals surface area contributed by atoms with Crippen LogP contribution in [0.2, 0.25) is 19.6 Å². The summed E-state index contributed by atoms with van der Waals surface area (Å²) in [6.45, 7) is 8.22. The van der Waals surface area contributed by atoms with E-state index in [1.54, 1.807) is 6.07 Å². The molecule has 0 bridgehead atoms. The summed E-state index contributed by atoms with van der Waals surface area (Å²) < 4.78 is 19.9. The number of benzene rings is 1. The molecule has 0 aliphatic carbocycles. The lowest BCUT2D eigenvalue weighted by molar-refractivity contribution is 0.436. The Balaban J connectivity index is 2.57. The van der Waals surface area contributed by atoms with Crippen molar-refractivity contribution >= 4 is 26.0 Å². The van der Waals surface area contributed by atoms with Crippen LogP contribution < -0.4 is 5.32 Å². The van der Waals surface area contributed by atoms with Gasteiger partial charge in [-0.15, -0.1) is 0 Å². The van der Waals surface area contributed by atoms with Gasteiger partial charge in [0.15, 0.2) is 0 Å². The first-order chi connectivity index (χ1) is 11.8. The van der Waals surface area contributed by atoms with E-state index in [0.29, 0.717) is 5.76 Å². The van der Waals surface area contributed by atoms with E-state index in [2.05, 4.69) is 25.0 Å². The van der Waals surface area contributed by atoms with E-state index in [0.717, 1.165) is 22.4 Å². The average Bonchev–Trinajstić information content (AvgIpc) is 2.82. The van der Waals surface area contributed by atoms with Gasteiger partial charge in [0.05, 0.1) is 0 Å². The molecule has 1 heterocycles. The van der Waals surface area contributed by atoms with Gasteiger partial charge in [0.1, 0.15) is 11.6 Å². The topological polar surface area (TPSA) is 21.3 Å². The highest BCUT2D eigenvalue weighted by Crippen LogP contribution is 2.28. The normalized spacial score (nSPS) is 15.5. The number of rotatable bonds is 5. The summed E-state index contributed by atoms with van der Waals surface area (Å²) in [7, 11) is -1.88. The lowest BCUT2D eigenvalue weighted by Crippen LogP contribution is -2.26. The van der Waals surface area contributed by atoms with Gasteiger partial charge in [0.2, 0.25) is 8.32 Å². The third kappa shape index (κ3) is 5.76. The molecule has 5 heteroatoms. The Hall–Kier alpha value is -2.04. The fourth-order valence-corrected chi connectivity index (χ4v) is 3.36. The van der Waals surface area contributed by atoms with Gasteiger partial charge >= 0.3 is 0 Å².